The topological polar surface area (TPSA) is 43.8 Å². The number of hydrogen-bond donors (Lipinski definition) is 1. The first-order valence-corrected chi connectivity index (χ1v) is 6.30. The molecule has 80 valence electrons. The fourth-order valence-corrected chi connectivity index (χ4v) is 3.09. The van der Waals surface area contributed by atoms with Gasteiger partial charge >= 0.3 is 0 Å². The van der Waals surface area contributed by atoms with E-state index in [2.05, 4.69) is 38.7 Å². The maximum atomic E-state index is 6.22. The molecule has 2 rings (SSSR count). The molecule has 0 aliphatic carbocycles. The minimum Gasteiger partial charge on any atom is -0.319 e. The van der Waals surface area contributed by atoms with Crippen molar-refractivity contribution in [1.82, 2.24) is 9.78 Å². The van der Waals surface area contributed by atoms with E-state index in [0.717, 1.165) is 10.2 Å². The van der Waals surface area contributed by atoms with E-state index in [4.69, 9.17) is 5.73 Å². The molecule has 0 aliphatic heterocycles. The highest BCUT2D eigenvalue weighted by Crippen LogP contribution is 2.29. The minimum atomic E-state index is -0.113. The molecule has 1 atom stereocenters. The minimum absolute atomic E-state index is 0.113. The van der Waals surface area contributed by atoms with Crippen molar-refractivity contribution in [3.8, 4) is 0 Å². The Balaban J connectivity index is 2.45. The summed E-state index contributed by atoms with van der Waals surface area (Å²) >= 11 is 5.15. The van der Waals surface area contributed by atoms with Crippen LogP contribution in [0.4, 0.5) is 0 Å². The summed E-state index contributed by atoms with van der Waals surface area (Å²) in [6, 6.07) is -0.113. The first kappa shape index (κ1) is 10.9. The lowest BCUT2D eigenvalue weighted by Crippen LogP contribution is -2.16. The molecule has 0 saturated heterocycles. The molecule has 0 fully saturated rings. The number of nitrogens with zero attached hydrogens (tertiary/aromatic N) is 2. The maximum absolute atomic E-state index is 6.22. The second-order valence-electron chi connectivity index (χ2n) is 3.49. The molecule has 5 heteroatoms. The molecule has 0 bridgehead atoms. The van der Waals surface area contributed by atoms with Gasteiger partial charge in [0.2, 0.25) is 0 Å². The lowest BCUT2D eigenvalue weighted by atomic mass is 10.0. The van der Waals surface area contributed by atoms with Crippen molar-refractivity contribution < 1.29 is 0 Å². The zero-order valence-electron chi connectivity index (χ0n) is 8.57. The molecular formula is C10H12BrN3S. The van der Waals surface area contributed by atoms with E-state index < -0.39 is 0 Å². The van der Waals surface area contributed by atoms with Crippen LogP contribution in [0.5, 0.6) is 0 Å². The normalized spacial score (nSPS) is 13.1. The quantitative estimate of drug-likeness (QED) is 0.922. The Kier molecular flexibility index (Phi) is 2.95. The Labute approximate surface area is 101 Å². The predicted octanol–water partition coefficient (Wildman–Crippen LogP) is 2.60. The summed E-state index contributed by atoms with van der Waals surface area (Å²) in [5.41, 5.74) is 9.64. The van der Waals surface area contributed by atoms with E-state index in [1.807, 2.05) is 11.7 Å². The summed E-state index contributed by atoms with van der Waals surface area (Å²) in [4.78, 5) is 0. The third kappa shape index (κ3) is 1.87. The van der Waals surface area contributed by atoms with Gasteiger partial charge in [0, 0.05) is 7.05 Å². The molecule has 2 N–H and O–H groups in total. The van der Waals surface area contributed by atoms with Crippen LogP contribution in [-0.2, 0) is 7.05 Å². The fourth-order valence-electron chi connectivity index (χ4n) is 1.61. The van der Waals surface area contributed by atoms with E-state index in [0.29, 0.717) is 0 Å². The number of aryl methyl sites for hydroxylation is 2. The average Bonchev–Trinajstić information content (AvgIpc) is 2.73. The summed E-state index contributed by atoms with van der Waals surface area (Å²) in [7, 11) is 1.90. The molecule has 3 nitrogen and oxygen atoms in total. The predicted molar refractivity (Wildman–Crippen MR) is 66.0 cm³/mol. The standard InChI is InChI=1S/C10H12BrN3S/c1-6-4-15-5-7(6)9(12)10-8(11)3-13-14(10)2/h3-5,9H,12H2,1-2H3. The number of halogens is 1. The highest BCUT2D eigenvalue weighted by atomic mass is 79.9. The Morgan fingerprint density at radius 3 is 2.73 bits per heavy atom. The Hall–Kier alpha value is -0.650. The SMILES string of the molecule is Cc1cscc1C(N)c1c(Br)cnn1C. The second kappa shape index (κ2) is 4.08. The first-order valence-electron chi connectivity index (χ1n) is 4.57. The van der Waals surface area contributed by atoms with Gasteiger partial charge in [-0.05, 0) is 44.7 Å². The number of aromatic nitrogens is 2. The Morgan fingerprint density at radius 2 is 2.27 bits per heavy atom. The van der Waals surface area contributed by atoms with E-state index in [-0.39, 0.29) is 6.04 Å². The summed E-state index contributed by atoms with van der Waals surface area (Å²) in [5, 5.41) is 8.38. The molecular weight excluding hydrogens is 274 g/mol. The molecule has 0 spiro atoms. The molecule has 0 aliphatic rings. The van der Waals surface area contributed by atoms with Gasteiger partial charge in [-0.2, -0.15) is 16.4 Å². The van der Waals surface area contributed by atoms with Gasteiger partial charge in [0.1, 0.15) is 0 Å². The van der Waals surface area contributed by atoms with Crippen LogP contribution in [0.25, 0.3) is 0 Å². The lowest BCUT2D eigenvalue weighted by molar-refractivity contribution is 0.671. The molecule has 15 heavy (non-hydrogen) atoms. The van der Waals surface area contributed by atoms with Gasteiger partial charge in [-0.1, -0.05) is 0 Å². The number of rotatable bonds is 2. The average molecular weight is 286 g/mol. The zero-order chi connectivity index (χ0) is 11.0. The summed E-state index contributed by atoms with van der Waals surface area (Å²) < 4.78 is 2.77. The van der Waals surface area contributed by atoms with Gasteiger partial charge in [-0.3, -0.25) is 4.68 Å². The van der Waals surface area contributed by atoms with E-state index in [1.165, 1.54) is 11.1 Å². The van der Waals surface area contributed by atoms with Crippen LogP contribution < -0.4 is 5.73 Å². The summed E-state index contributed by atoms with van der Waals surface area (Å²) in [5.74, 6) is 0. The molecule has 0 aromatic carbocycles. The third-order valence-electron chi connectivity index (χ3n) is 2.46. The number of hydrogen-bond acceptors (Lipinski definition) is 3. The highest BCUT2D eigenvalue weighted by Gasteiger charge is 2.18. The van der Waals surface area contributed by atoms with Crippen molar-refractivity contribution in [2.24, 2.45) is 12.8 Å². The van der Waals surface area contributed by atoms with Crippen LogP contribution in [0.3, 0.4) is 0 Å². The molecule has 2 aromatic rings. The summed E-state index contributed by atoms with van der Waals surface area (Å²) in [6.45, 7) is 2.08. The van der Waals surface area contributed by atoms with Crippen LogP contribution in [0.15, 0.2) is 21.4 Å². The van der Waals surface area contributed by atoms with E-state index in [1.54, 1.807) is 17.5 Å². The number of thiophene rings is 1. The molecule has 2 aromatic heterocycles. The van der Waals surface area contributed by atoms with Crippen LogP contribution in [0.1, 0.15) is 22.9 Å². The Morgan fingerprint density at radius 1 is 1.53 bits per heavy atom. The van der Waals surface area contributed by atoms with Gasteiger partial charge in [-0.25, -0.2) is 0 Å². The molecule has 1 unspecified atom stereocenters. The first-order chi connectivity index (χ1) is 7.11. The van der Waals surface area contributed by atoms with Crippen molar-refractivity contribution in [3.63, 3.8) is 0 Å². The van der Waals surface area contributed by atoms with Gasteiger partial charge in [0.05, 0.1) is 22.4 Å². The van der Waals surface area contributed by atoms with Gasteiger partial charge < -0.3 is 5.73 Å². The van der Waals surface area contributed by atoms with E-state index >= 15 is 0 Å². The molecule has 0 saturated carbocycles. The van der Waals surface area contributed by atoms with Crippen LogP contribution in [0, 0.1) is 6.92 Å². The second-order valence-corrected chi connectivity index (χ2v) is 5.09. The van der Waals surface area contributed by atoms with Crippen molar-refractivity contribution in [2.75, 3.05) is 0 Å². The molecule has 2 heterocycles. The monoisotopic (exact) mass is 285 g/mol. The third-order valence-corrected chi connectivity index (χ3v) is 3.95. The lowest BCUT2D eigenvalue weighted by Gasteiger charge is -2.12. The van der Waals surface area contributed by atoms with Crippen molar-refractivity contribution in [1.29, 1.82) is 0 Å². The Bertz CT molecular complexity index is 455. The highest BCUT2D eigenvalue weighted by molar-refractivity contribution is 9.10. The van der Waals surface area contributed by atoms with Crippen molar-refractivity contribution in [2.45, 2.75) is 13.0 Å². The fraction of sp³-hybridized carbons (Fsp3) is 0.300. The largest absolute Gasteiger partial charge is 0.319 e. The van der Waals surface area contributed by atoms with Crippen LogP contribution in [-0.4, -0.2) is 9.78 Å². The van der Waals surface area contributed by atoms with E-state index in [9.17, 15) is 0 Å². The maximum Gasteiger partial charge on any atom is 0.0745 e. The van der Waals surface area contributed by atoms with Gasteiger partial charge in [-0.15, -0.1) is 0 Å². The van der Waals surface area contributed by atoms with Gasteiger partial charge in [0.15, 0.2) is 0 Å². The molecule has 0 amide bonds. The smallest absolute Gasteiger partial charge is 0.0745 e. The summed E-state index contributed by atoms with van der Waals surface area (Å²) in [6.07, 6.45) is 1.77. The molecule has 0 radical (unpaired) electrons. The van der Waals surface area contributed by atoms with Gasteiger partial charge in [0.25, 0.3) is 0 Å². The van der Waals surface area contributed by atoms with Crippen LogP contribution in [0.2, 0.25) is 0 Å². The van der Waals surface area contributed by atoms with Crippen molar-refractivity contribution in [3.05, 3.63) is 38.3 Å². The van der Waals surface area contributed by atoms with Crippen molar-refractivity contribution >= 4 is 27.3 Å². The zero-order valence-corrected chi connectivity index (χ0v) is 11.0. The van der Waals surface area contributed by atoms with Crippen LogP contribution >= 0.6 is 27.3 Å². The number of nitrogens with two attached hydrogens (primary N) is 1.